The third kappa shape index (κ3) is 11.2. The van der Waals surface area contributed by atoms with Gasteiger partial charge in [-0.1, -0.05) is 60.1 Å². The van der Waals surface area contributed by atoms with E-state index in [2.05, 4.69) is 54.5 Å². The SMILES string of the molecule is C[C@H]1O[C@@H](O[C@@H]2[C@@H](O[C@H]3CC[C@]4(C)[C@H](CC[C@@]5(C)[C@H]4CC=C4[C@@H]6CC(C)(C)CC[C@]6(C(=O)O[C@@H]6O[C@H](CO[C@@H]7O[C@H](CO)[C@H](O)[C@H](O)[C@H]7O)[C@@H](O)[C@@H](O)[C@@H]6O)CC[C@@]45C)C3(C)C)OC[C@@H](O)[C@H]2O)[C@H](O)[C@@H](O[C@@H]2O[C@@H](CO)[C@H](O)[C@@H](O)[C@@H]2O)[C@H]1O. The number of allylic oxidation sites excluding steroid dienone is 2. The molecule has 0 amide bonds. The Morgan fingerprint density at radius 3 is 1.76 bits per heavy atom. The monoisotopic (exact) mass is 1220 g/mol. The van der Waals surface area contributed by atoms with Crippen LogP contribution in [-0.2, 0) is 52.2 Å². The van der Waals surface area contributed by atoms with Crippen LogP contribution in [0, 0.1) is 50.2 Å². The fraction of sp³-hybridized carbons (Fsp3) is 0.949. The van der Waals surface area contributed by atoms with E-state index in [4.69, 9.17) is 47.4 Å². The Labute approximate surface area is 494 Å². The van der Waals surface area contributed by atoms with Crippen molar-refractivity contribution in [2.75, 3.05) is 26.4 Å². The average molecular weight is 1220 g/mol. The van der Waals surface area contributed by atoms with Gasteiger partial charge in [0.25, 0.3) is 0 Å². The van der Waals surface area contributed by atoms with E-state index in [9.17, 15) is 76.6 Å². The molecule has 9 fully saturated rings. The number of ether oxygens (including phenoxy) is 10. The zero-order valence-electron chi connectivity index (χ0n) is 49.8. The zero-order valence-corrected chi connectivity index (χ0v) is 49.8. The molecule has 32 atom stereocenters. The summed E-state index contributed by atoms with van der Waals surface area (Å²) in [5, 5.41) is 161. The van der Waals surface area contributed by atoms with E-state index < -0.39 is 190 Å². The maximum atomic E-state index is 15.1. The van der Waals surface area contributed by atoms with Gasteiger partial charge in [-0.2, -0.15) is 0 Å². The number of esters is 1. The summed E-state index contributed by atoms with van der Waals surface area (Å²) in [4.78, 5) is 15.1. The molecule has 10 aliphatic rings. The summed E-state index contributed by atoms with van der Waals surface area (Å²) < 4.78 is 59.7. The summed E-state index contributed by atoms with van der Waals surface area (Å²) in [6.07, 6.45) is -29.6. The van der Waals surface area contributed by atoms with Crippen LogP contribution in [0.15, 0.2) is 11.6 Å². The molecule has 0 aromatic heterocycles. The standard InChI is InChI=1S/C59H96O26/c1-24-34(63)46(83-49-43(72)40(69)37(66)29(21-61)80-49)45(74)51(78-24)84-47-35(64)27(62)22-76-52(47)82-33-12-13-56(6)31(55(33,4)5)11-14-58(8)32(56)10-9-25-26-19-54(2,3)15-17-59(26,18-16-57(25,58)7)53(75)85-50-44(73)41(70)38(67)30(81-50)23-77-48-42(71)39(68)36(65)28(20-60)79-48/h9,24,26-52,60-74H,10-23H2,1-8H3/t24-,26+,27-,28-,29+,30-,31-,32+,33+,34+,35-,36+,37+,38-,39+,40-,41-,42-,43+,44+,45-,46+,47+,48-,49+,50+,51+,52-,56-,57+,58+,59+/m1/s1. The number of fused-ring (bicyclic) bond motifs is 7. The number of carbonyl (C=O) groups is 1. The number of aliphatic hydroxyl groups excluding tert-OH is 15. The first-order valence-electron chi connectivity index (χ1n) is 30.6. The molecule has 488 valence electrons. The van der Waals surface area contributed by atoms with Gasteiger partial charge < -0.3 is 124 Å². The molecule has 0 radical (unpaired) electrons. The molecule has 26 heteroatoms. The summed E-state index contributed by atoms with van der Waals surface area (Å²) in [6, 6.07) is 0. The van der Waals surface area contributed by atoms with E-state index in [1.807, 2.05) is 0 Å². The molecule has 5 saturated heterocycles. The molecule has 0 spiro atoms. The molecule has 0 aromatic rings. The van der Waals surface area contributed by atoms with Crippen LogP contribution in [0.3, 0.4) is 0 Å². The summed E-state index contributed by atoms with van der Waals surface area (Å²) in [5.74, 6) is -0.517. The van der Waals surface area contributed by atoms with E-state index in [1.165, 1.54) is 12.5 Å². The highest BCUT2D eigenvalue weighted by molar-refractivity contribution is 5.79. The minimum absolute atomic E-state index is 0.119. The average Bonchev–Trinajstić information content (AvgIpc) is 0.688. The van der Waals surface area contributed by atoms with Gasteiger partial charge in [-0.15, -0.1) is 0 Å². The normalized spacial score (nSPS) is 54.1. The van der Waals surface area contributed by atoms with Crippen molar-refractivity contribution in [2.45, 2.75) is 273 Å². The topological polar surface area (TPSA) is 413 Å². The van der Waals surface area contributed by atoms with Crippen LogP contribution in [0.25, 0.3) is 0 Å². The lowest BCUT2D eigenvalue weighted by atomic mass is 9.33. The Kier molecular flexibility index (Phi) is 19.0. The van der Waals surface area contributed by atoms with Gasteiger partial charge in [0.1, 0.15) is 110 Å². The van der Waals surface area contributed by atoms with E-state index in [0.29, 0.717) is 38.5 Å². The summed E-state index contributed by atoms with van der Waals surface area (Å²) in [5.41, 5.74) is -1.26. The second-order valence-electron chi connectivity index (χ2n) is 28.7. The summed E-state index contributed by atoms with van der Waals surface area (Å²) in [6.45, 7) is 15.1. The molecule has 15 N–H and O–H groups in total. The maximum Gasteiger partial charge on any atom is 0.315 e. The van der Waals surface area contributed by atoms with E-state index in [0.717, 1.165) is 25.7 Å². The lowest BCUT2D eigenvalue weighted by Gasteiger charge is -2.71. The number of carbonyl (C=O) groups excluding carboxylic acids is 1. The fourth-order valence-electron chi connectivity index (χ4n) is 17.5. The molecule has 5 heterocycles. The second kappa shape index (κ2) is 24.4. The Bertz CT molecular complexity index is 2360. The Hall–Kier alpha value is -1.75. The van der Waals surface area contributed by atoms with E-state index >= 15 is 4.79 Å². The maximum absolute atomic E-state index is 15.1. The predicted octanol–water partition coefficient (Wildman–Crippen LogP) is -2.54. The smallest absolute Gasteiger partial charge is 0.315 e. The molecule has 85 heavy (non-hydrogen) atoms. The minimum Gasteiger partial charge on any atom is -0.432 e. The lowest BCUT2D eigenvalue weighted by molar-refractivity contribution is -0.382. The third-order valence-electron chi connectivity index (χ3n) is 23.1. The molecule has 10 rings (SSSR count). The fourth-order valence-corrected chi connectivity index (χ4v) is 17.5. The van der Waals surface area contributed by atoms with Gasteiger partial charge in [-0.25, -0.2) is 0 Å². The first-order valence-corrected chi connectivity index (χ1v) is 30.6. The summed E-state index contributed by atoms with van der Waals surface area (Å²) in [7, 11) is 0. The van der Waals surface area contributed by atoms with E-state index in [1.54, 1.807) is 0 Å². The van der Waals surface area contributed by atoms with Crippen LogP contribution >= 0.6 is 0 Å². The van der Waals surface area contributed by atoms with Crippen LogP contribution in [-0.4, -0.2) is 263 Å². The number of hydrogen-bond acceptors (Lipinski definition) is 26. The van der Waals surface area contributed by atoms with Crippen molar-refractivity contribution < 1.29 is 129 Å². The largest absolute Gasteiger partial charge is 0.432 e. The van der Waals surface area contributed by atoms with Crippen LogP contribution < -0.4 is 0 Å². The highest BCUT2D eigenvalue weighted by Gasteiger charge is 2.70. The van der Waals surface area contributed by atoms with Gasteiger partial charge in [-0.05, 0) is 116 Å². The minimum atomic E-state index is -1.85. The zero-order chi connectivity index (χ0) is 62.0. The molecule has 5 aliphatic carbocycles. The first-order chi connectivity index (χ1) is 39.8. The third-order valence-corrected chi connectivity index (χ3v) is 23.1. The molecule has 0 unspecified atom stereocenters. The molecular formula is C59H96O26. The van der Waals surface area contributed by atoms with Crippen molar-refractivity contribution in [3.63, 3.8) is 0 Å². The lowest BCUT2D eigenvalue weighted by Crippen LogP contribution is -2.66. The number of aliphatic hydroxyl groups is 15. The van der Waals surface area contributed by atoms with E-state index in [-0.39, 0.29) is 46.0 Å². The molecule has 5 aliphatic heterocycles. The van der Waals surface area contributed by atoms with Crippen molar-refractivity contribution in [3.05, 3.63) is 11.6 Å². The number of hydrogen-bond donors (Lipinski definition) is 15. The quantitative estimate of drug-likeness (QED) is 0.0513. The Morgan fingerprint density at radius 2 is 1.12 bits per heavy atom. The molecular weight excluding hydrogens is 1120 g/mol. The molecule has 26 nitrogen and oxygen atoms in total. The molecule has 0 bridgehead atoms. The molecule has 4 saturated carbocycles. The highest BCUT2D eigenvalue weighted by atomic mass is 16.8. The predicted molar refractivity (Wildman–Crippen MR) is 288 cm³/mol. The van der Waals surface area contributed by atoms with Crippen molar-refractivity contribution in [1.29, 1.82) is 0 Å². The Morgan fingerprint density at radius 1 is 0.553 bits per heavy atom. The highest BCUT2D eigenvalue weighted by Crippen LogP contribution is 2.76. The van der Waals surface area contributed by atoms with Crippen molar-refractivity contribution in [2.24, 2.45) is 50.2 Å². The number of rotatable bonds is 13. The van der Waals surface area contributed by atoms with Crippen molar-refractivity contribution >= 4 is 5.97 Å². The van der Waals surface area contributed by atoms with Crippen LogP contribution in [0.4, 0.5) is 0 Å². The summed E-state index contributed by atoms with van der Waals surface area (Å²) >= 11 is 0. The van der Waals surface area contributed by atoms with Crippen LogP contribution in [0.5, 0.6) is 0 Å². The van der Waals surface area contributed by atoms with Gasteiger partial charge in [0.05, 0.1) is 44.1 Å². The van der Waals surface area contributed by atoms with Crippen molar-refractivity contribution in [3.8, 4) is 0 Å². The van der Waals surface area contributed by atoms with Crippen molar-refractivity contribution in [1.82, 2.24) is 0 Å². The second-order valence-corrected chi connectivity index (χ2v) is 28.7. The Balaban J connectivity index is 0.839. The van der Waals surface area contributed by atoms with Crippen LogP contribution in [0.2, 0.25) is 0 Å². The van der Waals surface area contributed by atoms with Gasteiger partial charge in [0, 0.05) is 0 Å². The van der Waals surface area contributed by atoms with Gasteiger partial charge >= 0.3 is 5.97 Å². The van der Waals surface area contributed by atoms with Gasteiger partial charge in [-0.3, -0.25) is 4.79 Å². The van der Waals surface area contributed by atoms with Gasteiger partial charge in [0.15, 0.2) is 25.2 Å². The molecule has 0 aromatic carbocycles. The van der Waals surface area contributed by atoms with Gasteiger partial charge in [0.2, 0.25) is 6.29 Å². The first kappa shape index (κ1) is 66.2. The van der Waals surface area contributed by atoms with Crippen LogP contribution in [0.1, 0.15) is 120 Å².